The minimum absolute atomic E-state index is 0.126. The number of halogens is 2. The van der Waals surface area contributed by atoms with Crippen molar-refractivity contribution in [1.82, 2.24) is 5.32 Å². The molecule has 0 atom stereocenters. The van der Waals surface area contributed by atoms with Crippen LogP contribution in [0.25, 0.3) is 6.08 Å². The van der Waals surface area contributed by atoms with Crippen LogP contribution in [0.15, 0.2) is 76.8 Å². The van der Waals surface area contributed by atoms with Crippen molar-refractivity contribution in [2.24, 2.45) is 0 Å². The minimum Gasteiger partial charge on any atom is -0.488 e. The van der Waals surface area contributed by atoms with E-state index in [0.29, 0.717) is 28.1 Å². The van der Waals surface area contributed by atoms with Crippen molar-refractivity contribution in [2.45, 2.75) is 20.0 Å². The number of imide groups is 2. The Hall–Kier alpha value is -2.98. The van der Waals surface area contributed by atoms with Crippen LogP contribution >= 0.6 is 38.5 Å². The molecule has 6 nitrogen and oxygen atoms in total. The van der Waals surface area contributed by atoms with Crippen molar-refractivity contribution in [3.8, 4) is 5.75 Å². The second-order valence-corrected chi connectivity index (χ2v) is 9.68. The number of aryl methyl sites for hydroxylation is 1. The molecular weight excluding hydrogens is 611 g/mol. The van der Waals surface area contributed by atoms with Gasteiger partial charge >= 0.3 is 6.03 Å². The van der Waals surface area contributed by atoms with Gasteiger partial charge in [0.15, 0.2) is 0 Å². The van der Waals surface area contributed by atoms with Crippen LogP contribution in [0.2, 0.25) is 0 Å². The third kappa shape index (κ3) is 5.39. The number of nitrogens with zero attached hydrogens (tertiary/aromatic N) is 1. The topological polar surface area (TPSA) is 75.7 Å². The molecular formula is C26H20BrIN2O4. The Balaban J connectivity index is 1.54. The highest BCUT2D eigenvalue weighted by Gasteiger charge is 2.36. The molecule has 34 heavy (non-hydrogen) atoms. The number of amides is 4. The average molecular weight is 631 g/mol. The van der Waals surface area contributed by atoms with Crippen LogP contribution in [-0.4, -0.2) is 17.8 Å². The number of carbonyl (C=O) groups is 3. The molecule has 172 valence electrons. The van der Waals surface area contributed by atoms with Gasteiger partial charge in [0.2, 0.25) is 0 Å². The Morgan fingerprint density at radius 2 is 1.65 bits per heavy atom. The summed E-state index contributed by atoms with van der Waals surface area (Å²) in [6, 6.07) is 19.6. The van der Waals surface area contributed by atoms with Crippen molar-refractivity contribution in [3.05, 3.63) is 97.0 Å². The summed E-state index contributed by atoms with van der Waals surface area (Å²) in [4.78, 5) is 38.9. The molecule has 4 amide bonds. The van der Waals surface area contributed by atoms with E-state index < -0.39 is 17.8 Å². The van der Waals surface area contributed by atoms with Gasteiger partial charge < -0.3 is 4.74 Å². The number of hydrogen-bond acceptors (Lipinski definition) is 4. The van der Waals surface area contributed by atoms with Gasteiger partial charge in [-0.05, 0) is 104 Å². The molecule has 1 saturated heterocycles. The summed E-state index contributed by atoms with van der Waals surface area (Å²) in [7, 11) is 0. The quantitative estimate of drug-likeness (QED) is 0.210. The van der Waals surface area contributed by atoms with Gasteiger partial charge in [0.25, 0.3) is 11.8 Å². The molecule has 1 heterocycles. The maximum Gasteiger partial charge on any atom is 0.335 e. The molecule has 1 fully saturated rings. The molecule has 1 aliphatic rings. The maximum absolute atomic E-state index is 13.1. The summed E-state index contributed by atoms with van der Waals surface area (Å²) in [6.45, 7) is 2.43. The lowest BCUT2D eigenvalue weighted by Crippen LogP contribution is -2.54. The molecule has 4 rings (SSSR count). The van der Waals surface area contributed by atoms with Crippen molar-refractivity contribution in [2.75, 3.05) is 4.90 Å². The van der Waals surface area contributed by atoms with E-state index in [-0.39, 0.29) is 5.57 Å². The Morgan fingerprint density at radius 3 is 2.29 bits per heavy atom. The van der Waals surface area contributed by atoms with Gasteiger partial charge in [-0.15, -0.1) is 0 Å². The third-order valence-electron chi connectivity index (χ3n) is 5.28. The van der Waals surface area contributed by atoms with Crippen LogP contribution < -0.4 is 15.0 Å². The number of urea groups is 1. The summed E-state index contributed by atoms with van der Waals surface area (Å²) in [6.07, 6.45) is 2.30. The molecule has 0 radical (unpaired) electrons. The highest BCUT2D eigenvalue weighted by atomic mass is 127. The lowest BCUT2D eigenvalue weighted by Gasteiger charge is -2.26. The van der Waals surface area contributed by atoms with Crippen LogP contribution in [0.5, 0.6) is 5.75 Å². The number of ether oxygens (including phenoxy) is 1. The maximum atomic E-state index is 13.1. The zero-order valence-electron chi connectivity index (χ0n) is 18.2. The normalized spacial score (nSPS) is 15.0. The Labute approximate surface area is 219 Å². The number of benzene rings is 3. The summed E-state index contributed by atoms with van der Waals surface area (Å²) in [5, 5.41) is 2.25. The number of barbiturate groups is 1. The second kappa shape index (κ2) is 10.5. The highest BCUT2D eigenvalue weighted by Crippen LogP contribution is 2.29. The SMILES string of the molecule is CCc1ccc(N2C(=O)NC(=O)/C(=C/c3ccc(OCc4ccc(I)cc4)c(Br)c3)C2=O)cc1. The van der Waals surface area contributed by atoms with E-state index in [4.69, 9.17) is 4.74 Å². The van der Waals surface area contributed by atoms with Gasteiger partial charge in [0, 0.05) is 3.57 Å². The fourth-order valence-corrected chi connectivity index (χ4v) is 4.28. The van der Waals surface area contributed by atoms with E-state index in [9.17, 15) is 14.4 Å². The lowest BCUT2D eigenvalue weighted by atomic mass is 10.1. The number of carbonyl (C=O) groups excluding carboxylic acids is 3. The van der Waals surface area contributed by atoms with Gasteiger partial charge in [0.05, 0.1) is 10.2 Å². The first kappa shape index (κ1) is 24.2. The minimum atomic E-state index is -0.767. The predicted octanol–water partition coefficient (Wildman–Crippen LogP) is 5.86. The van der Waals surface area contributed by atoms with E-state index in [1.807, 2.05) is 43.3 Å². The van der Waals surface area contributed by atoms with Gasteiger partial charge in [-0.25, -0.2) is 9.69 Å². The van der Waals surface area contributed by atoms with Gasteiger partial charge in [-0.2, -0.15) is 0 Å². The molecule has 0 unspecified atom stereocenters. The number of hydrogen-bond donors (Lipinski definition) is 1. The average Bonchev–Trinajstić information content (AvgIpc) is 2.82. The first-order chi connectivity index (χ1) is 16.4. The van der Waals surface area contributed by atoms with Crippen LogP contribution in [-0.2, 0) is 22.6 Å². The van der Waals surface area contributed by atoms with E-state index in [2.05, 4.69) is 43.8 Å². The van der Waals surface area contributed by atoms with Gasteiger partial charge in [-0.1, -0.05) is 37.3 Å². The van der Waals surface area contributed by atoms with Crippen molar-refractivity contribution < 1.29 is 19.1 Å². The van der Waals surface area contributed by atoms with Crippen LogP contribution in [0.4, 0.5) is 10.5 Å². The molecule has 0 aromatic heterocycles. The Kier molecular flexibility index (Phi) is 7.47. The Morgan fingerprint density at radius 1 is 0.971 bits per heavy atom. The lowest BCUT2D eigenvalue weighted by molar-refractivity contribution is -0.122. The largest absolute Gasteiger partial charge is 0.488 e. The molecule has 1 N–H and O–H groups in total. The van der Waals surface area contributed by atoms with Gasteiger partial charge in [0.1, 0.15) is 17.9 Å². The van der Waals surface area contributed by atoms with E-state index >= 15 is 0 Å². The van der Waals surface area contributed by atoms with Crippen molar-refractivity contribution in [1.29, 1.82) is 0 Å². The fraction of sp³-hybridized carbons (Fsp3) is 0.115. The first-order valence-electron chi connectivity index (χ1n) is 10.5. The van der Waals surface area contributed by atoms with Crippen molar-refractivity contribution in [3.63, 3.8) is 0 Å². The highest BCUT2D eigenvalue weighted by molar-refractivity contribution is 14.1. The third-order valence-corrected chi connectivity index (χ3v) is 6.62. The molecule has 8 heteroatoms. The molecule has 3 aromatic carbocycles. The molecule has 0 bridgehead atoms. The molecule has 0 saturated carbocycles. The van der Waals surface area contributed by atoms with E-state index in [1.54, 1.807) is 30.3 Å². The van der Waals surface area contributed by atoms with Crippen LogP contribution in [0.1, 0.15) is 23.6 Å². The Bertz CT molecular complexity index is 1290. The summed E-state index contributed by atoms with van der Waals surface area (Å²) in [5.74, 6) is -0.771. The number of anilines is 1. The molecule has 0 aliphatic carbocycles. The number of rotatable bonds is 6. The summed E-state index contributed by atoms with van der Waals surface area (Å²) in [5.41, 5.74) is 3.01. The summed E-state index contributed by atoms with van der Waals surface area (Å²) >= 11 is 5.74. The van der Waals surface area contributed by atoms with E-state index in [0.717, 1.165) is 26.0 Å². The standard InChI is InChI=1S/C26H20BrIN2O4/c1-2-16-5-10-20(11-6-16)30-25(32)21(24(31)29-26(30)33)13-18-7-12-23(22(27)14-18)34-15-17-3-8-19(28)9-4-17/h3-14H,2,15H2,1H3,(H,29,31,33)/b21-13-. The predicted molar refractivity (Wildman–Crippen MR) is 142 cm³/mol. The molecule has 1 aliphatic heterocycles. The van der Waals surface area contributed by atoms with Crippen molar-refractivity contribution >= 4 is 68.1 Å². The van der Waals surface area contributed by atoms with Crippen LogP contribution in [0.3, 0.4) is 0 Å². The smallest absolute Gasteiger partial charge is 0.335 e. The summed E-state index contributed by atoms with van der Waals surface area (Å²) < 4.78 is 7.72. The van der Waals surface area contributed by atoms with Gasteiger partial charge in [-0.3, -0.25) is 14.9 Å². The molecule has 0 spiro atoms. The van der Waals surface area contributed by atoms with Crippen LogP contribution in [0, 0.1) is 3.57 Å². The molecule has 3 aromatic rings. The second-order valence-electron chi connectivity index (χ2n) is 7.58. The monoisotopic (exact) mass is 630 g/mol. The first-order valence-corrected chi connectivity index (χ1v) is 12.4. The number of nitrogens with one attached hydrogen (secondary N) is 1. The fourth-order valence-electron chi connectivity index (χ4n) is 3.40. The van der Waals surface area contributed by atoms with E-state index in [1.165, 1.54) is 6.08 Å². The zero-order chi connectivity index (χ0) is 24.2. The zero-order valence-corrected chi connectivity index (χ0v) is 21.9.